The number of aromatic amines is 1. The van der Waals surface area contributed by atoms with Gasteiger partial charge in [-0.25, -0.2) is 14.8 Å². The van der Waals surface area contributed by atoms with E-state index in [1.54, 1.807) is 25.2 Å². The van der Waals surface area contributed by atoms with E-state index in [2.05, 4.69) is 26.9 Å². The fourth-order valence-electron chi connectivity index (χ4n) is 3.33. The van der Waals surface area contributed by atoms with Crippen LogP contribution in [0.5, 0.6) is 0 Å². The van der Waals surface area contributed by atoms with Crippen molar-refractivity contribution < 1.29 is 9.53 Å². The monoisotopic (exact) mass is 384 g/mol. The lowest BCUT2D eigenvalue weighted by Crippen LogP contribution is -2.18. The molecule has 0 aliphatic heterocycles. The van der Waals surface area contributed by atoms with Crippen molar-refractivity contribution >= 4 is 27.5 Å². The number of thiophene rings is 1. The highest BCUT2D eigenvalue weighted by Crippen LogP contribution is 2.35. The molecule has 0 aromatic carbocycles. The number of aryl methyl sites for hydroxylation is 2. The minimum atomic E-state index is -0.698. The Hall–Kier alpha value is -2.61. The van der Waals surface area contributed by atoms with Crippen LogP contribution in [0.1, 0.15) is 58.8 Å². The summed E-state index contributed by atoms with van der Waals surface area (Å²) in [5, 5.41) is 0.688. The number of esters is 1. The molecule has 1 aliphatic rings. The number of hydrogen-bond donors (Lipinski definition) is 1. The van der Waals surface area contributed by atoms with Crippen molar-refractivity contribution in [2.45, 2.75) is 46.1 Å². The summed E-state index contributed by atoms with van der Waals surface area (Å²) in [4.78, 5) is 42.3. The van der Waals surface area contributed by atoms with Crippen LogP contribution in [-0.4, -0.2) is 25.9 Å². The van der Waals surface area contributed by atoms with Crippen LogP contribution in [0.2, 0.25) is 0 Å². The summed E-state index contributed by atoms with van der Waals surface area (Å²) in [6, 6.07) is 0. The van der Waals surface area contributed by atoms with Gasteiger partial charge in [-0.2, -0.15) is 0 Å². The predicted molar refractivity (Wildman–Crippen MR) is 102 cm³/mol. The molecule has 3 aromatic heterocycles. The van der Waals surface area contributed by atoms with Gasteiger partial charge in [0.1, 0.15) is 4.83 Å². The van der Waals surface area contributed by atoms with E-state index in [1.807, 2.05) is 0 Å². The number of H-pyrrole nitrogens is 1. The molecule has 7 nitrogen and oxygen atoms in total. The van der Waals surface area contributed by atoms with E-state index in [-0.39, 0.29) is 11.3 Å². The van der Waals surface area contributed by atoms with Crippen molar-refractivity contribution in [2.75, 3.05) is 0 Å². The molecule has 0 spiro atoms. The topological polar surface area (TPSA) is 97.8 Å². The van der Waals surface area contributed by atoms with Gasteiger partial charge in [-0.1, -0.05) is 6.92 Å². The molecular weight excluding hydrogens is 364 g/mol. The summed E-state index contributed by atoms with van der Waals surface area (Å²) in [5.41, 5.74) is 1.80. The van der Waals surface area contributed by atoms with Crippen LogP contribution in [0.3, 0.4) is 0 Å². The molecule has 3 aromatic rings. The van der Waals surface area contributed by atoms with Crippen LogP contribution in [0.15, 0.2) is 17.2 Å². The van der Waals surface area contributed by atoms with E-state index in [1.165, 1.54) is 17.3 Å². The van der Waals surface area contributed by atoms with E-state index in [0.717, 1.165) is 24.8 Å². The molecule has 0 saturated heterocycles. The maximum absolute atomic E-state index is 12.7. The fourth-order valence-corrected chi connectivity index (χ4v) is 4.72. The number of carbonyl (C=O) groups excluding carboxylic acids is 1. The zero-order chi connectivity index (χ0) is 19.1. The van der Waals surface area contributed by atoms with Gasteiger partial charge in [-0.05, 0) is 44.6 Å². The van der Waals surface area contributed by atoms with Gasteiger partial charge in [0.15, 0.2) is 17.6 Å². The van der Waals surface area contributed by atoms with Crippen molar-refractivity contribution in [1.82, 2.24) is 19.9 Å². The summed E-state index contributed by atoms with van der Waals surface area (Å²) in [5.74, 6) is 0.365. The molecule has 0 bridgehead atoms. The lowest BCUT2D eigenvalue weighted by Gasteiger charge is -2.17. The molecule has 0 saturated carbocycles. The van der Waals surface area contributed by atoms with Crippen LogP contribution in [0.25, 0.3) is 10.2 Å². The first-order valence-corrected chi connectivity index (χ1v) is 9.78. The second-order valence-corrected chi connectivity index (χ2v) is 8.16. The molecule has 2 atom stereocenters. The van der Waals surface area contributed by atoms with Gasteiger partial charge in [-0.15, -0.1) is 11.3 Å². The zero-order valence-corrected chi connectivity index (χ0v) is 16.2. The first-order valence-electron chi connectivity index (χ1n) is 8.96. The number of carbonyl (C=O) groups is 1. The molecule has 3 heterocycles. The SMILES string of the molecule is Cc1cnc(C(=O)O[C@H](C)c2nc3sc4c(c3c(=O)[nH]2)CC[C@@H](C)C4)cn1. The first kappa shape index (κ1) is 17.8. The number of fused-ring (bicyclic) bond motifs is 3. The maximum Gasteiger partial charge on any atom is 0.359 e. The van der Waals surface area contributed by atoms with Crippen molar-refractivity contribution in [1.29, 1.82) is 0 Å². The highest BCUT2D eigenvalue weighted by atomic mass is 32.1. The summed E-state index contributed by atoms with van der Waals surface area (Å²) in [6.07, 6.45) is 5.17. The number of rotatable bonds is 3. The summed E-state index contributed by atoms with van der Waals surface area (Å²) in [7, 11) is 0. The van der Waals surface area contributed by atoms with Crippen molar-refractivity contribution in [2.24, 2.45) is 5.92 Å². The Morgan fingerprint density at radius 3 is 2.93 bits per heavy atom. The minimum Gasteiger partial charge on any atom is -0.450 e. The number of nitrogens with one attached hydrogen (secondary N) is 1. The lowest BCUT2D eigenvalue weighted by molar-refractivity contribution is 0.0312. The Morgan fingerprint density at radius 1 is 1.37 bits per heavy atom. The standard InChI is InChI=1S/C19H20N4O3S/c1-9-4-5-12-14(6-9)27-18-15(12)17(24)22-16(23-18)11(3)26-19(25)13-8-20-10(2)7-21-13/h7-9,11H,4-6H2,1-3H3,(H,22,23,24)/t9-,11-/m1/s1. The fraction of sp³-hybridized carbons (Fsp3) is 0.421. The number of ether oxygens (including phenoxy) is 1. The predicted octanol–water partition coefficient (Wildman–Crippen LogP) is 3.13. The molecular formula is C19H20N4O3S. The molecule has 8 heteroatoms. The average molecular weight is 384 g/mol. The average Bonchev–Trinajstić information content (AvgIpc) is 2.99. The quantitative estimate of drug-likeness (QED) is 0.697. The van der Waals surface area contributed by atoms with Gasteiger partial charge in [0.05, 0.1) is 17.3 Å². The molecule has 0 amide bonds. The Kier molecular flexibility index (Phi) is 4.51. The molecule has 0 fully saturated rings. The number of aromatic nitrogens is 4. The molecule has 140 valence electrons. The first-order chi connectivity index (χ1) is 12.9. The van der Waals surface area contributed by atoms with Gasteiger partial charge < -0.3 is 9.72 Å². The van der Waals surface area contributed by atoms with Gasteiger partial charge >= 0.3 is 5.97 Å². The van der Waals surface area contributed by atoms with Gasteiger partial charge in [0.25, 0.3) is 5.56 Å². The third kappa shape index (κ3) is 3.37. The zero-order valence-electron chi connectivity index (χ0n) is 15.4. The normalized spacial score (nSPS) is 17.5. The largest absolute Gasteiger partial charge is 0.450 e. The van der Waals surface area contributed by atoms with E-state index < -0.39 is 12.1 Å². The van der Waals surface area contributed by atoms with Crippen LogP contribution < -0.4 is 5.56 Å². The van der Waals surface area contributed by atoms with Crippen LogP contribution >= 0.6 is 11.3 Å². The van der Waals surface area contributed by atoms with Crippen LogP contribution in [0, 0.1) is 12.8 Å². The highest BCUT2D eigenvalue weighted by molar-refractivity contribution is 7.18. The number of hydrogen-bond acceptors (Lipinski definition) is 7. The Bertz CT molecular complexity index is 1070. The number of nitrogens with zero attached hydrogens (tertiary/aromatic N) is 3. The van der Waals surface area contributed by atoms with Gasteiger partial charge in [-0.3, -0.25) is 9.78 Å². The van der Waals surface area contributed by atoms with Crippen molar-refractivity contribution in [3.05, 3.63) is 50.4 Å². The minimum absolute atomic E-state index is 0.122. The third-order valence-corrected chi connectivity index (χ3v) is 5.99. The highest BCUT2D eigenvalue weighted by Gasteiger charge is 2.24. The van der Waals surface area contributed by atoms with E-state index in [4.69, 9.17) is 4.74 Å². The molecule has 1 N–H and O–H groups in total. The molecule has 4 rings (SSSR count). The molecule has 0 unspecified atom stereocenters. The lowest BCUT2D eigenvalue weighted by atomic mass is 9.89. The van der Waals surface area contributed by atoms with E-state index >= 15 is 0 Å². The van der Waals surface area contributed by atoms with Crippen LogP contribution in [0.4, 0.5) is 0 Å². The van der Waals surface area contributed by atoms with Crippen molar-refractivity contribution in [3.63, 3.8) is 0 Å². The van der Waals surface area contributed by atoms with Crippen molar-refractivity contribution in [3.8, 4) is 0 Å². The summed E-state index contributed by atoms with van der Waals surface area (Å²) in [6.45, 7) is 5.70. The Morgan fingerprint density at radius 2 is 2.19 bits per heavy atom. The second kappa shape index (κ2) is 6.84. The Balaban J connectivity index is 1.62. The molecule has 1 aliphatic carbocycles. The Labute approximate surface area is 159 Å². The van der Waals surface area contributed by atoms with E-state index in [9.17, 15) is 9.59 Å². The van der Waals surface area contributed by atoms with Gasteiger partial charge in [0, 0.05) is 11.1 Å². The van der Waals surface area contributed by atoms with Gasteiger partial charge in [0.2, 0.25) is 0 Å². The second-order valence-electron chi connectivity index (χ2n) is 7.07. The molecule has 27 heavy (non-hydrogen) atoms. The summed E-state index contributed by atoms with van der Waals surface area (Å²) >= 11 is 1.57. The van der Waals surface area contributed by atoms with Crippen LogP contribution in [-0.2, 0) is 17.6 Å². The smallest absolute Gasteiger partial charge is 0.359 e. The summed E-state index contributed by atoms with van der Waals surface area (Å²) < 4.78 is 5.42. The third-order valence-electron chi connectivity index (χ3n) is 4.84. The molecule has 0 radical (unpaired) electrons. The van der Waals surface area contributed by atoms with E-state index in [0.29, 0.717) is 27.7 Å². The maximum atomic E-state index is 12.7.